The molecule has 0 fully saturated rings. The highest BCUT2D eigenvalue weighted by Crippen LogP contribution is 2.31. The Bertz CT molecular complexity index is 1510. The number of para-hydroxylation sites is 2. The molecule has 0 radical (unpaired) electrons. The van der Waals surface area contributed by atoms with Gasteiger partial charge in [-0.05, 0) is 42.0 Å². The van der Waals surface area contributed by atoms with Gasteiger partial charge < -0.3 is 16.2 Å². The fraction of sp³-hybridized carbons (Fsp3) is 0.0400. The minimum atomic E-state index is -1.03. The molecule has 0 aliphatic heterocycles. The summed E-state index contributed by atoms with van der Waals surface area (Å²) < 4.78 is 1.62. The van der Waals surface area contributed by atoms with Gasteiger partial charge in [0.2, 0.25) is 0 Å². The van der Waals surface area contributed by atoms with Gasteiger partial charge in [-0.2, -0.15) is 0 Å². The van der Waals surface area contributed by atoms with Crippen LogP contribution >= 0.6 is 0 Å². The summed E-state index contributed by atoms with van der Waals surface area (Å²) in [5.41, 5.74) is 10.5. The Morgan fingerprint density at radius 2 is 1.52 bits per heavy atom. The monoisotopic (exact) mass is 437 g/mol. The number of amides is 1. The van der Waals surface area contributed by atoms with E-state index in [0.29, 0.717) is 34.4 Å². The molecule has 2 aromatic heterocycles. The first-order valence-corrected chi connectivity index (χ1v) is 10.3. The Kier molecular flexibility index (Phi) is 4.95. The lowest BCUT2D eigenvalue weighted by Gasteiger charge is -2.09. The highest BCUT2D eigenvalue weighted by atomic mass is 16.4. The van der Waals surface area contributed by atoms with E-state index >= 15 is 0 Å². The van der Waals surface area contributed by atoms with Crippen LogP contribution in [0.1, 0.15) is 26.3 Å². The first-order valence-electron chi connectivity index (χ1n) is 10.3. The molecule has 8 heteroatoms. The first kappa shape index (κ1) is 20.2. The second-order valence-electron chi connectivity index (χ2n) is 7.50. The second kappa shape index (κ2) is 8.08. The maximum atomic E-state index is 13.2. The zero-order valence-electron chi connectivity index (χ0n) is 17.4. The summed E-state index contributed by atoms with van der Waals surface area (Å²) in [6.07, 6.45) is 0. The molecule has 3 aromatic carbocycles. The molecule has 33 heavy (non-hydrogen) atoms. The molecular weight excluding hydrogens is 418 g/mol. The van der Waals surface area contributed by atoms with Crippen LogP contribution in [0.4, 0.5) is 5.82 Å². The Labute approximate surface area is 188 Å². The number of aromatic nitrogens is 3. The molecule has 2 heterocycles. The molecule has 5 aromatic rings. The Balaban J connectivity index is 1.66. The van der Waals surface area contributed by atoms with Gasteiger partial charge in [-0.3, -0.25) is 9.36 Å². The summed E-state index contributed by atoms with van der Waals surface area (Å²) in [7, 11) is 0. The van der Waals surface area contributed by atoms with Gasteiger partial charge in [0.05, 0.1) is 16.6 Å². The molecule has 0 saturated heterocycles. The van der Waals surface area contributed by atoms with Gasteiger partial charge in [0.1, 0.15) is 16.9 Å². The largest absolute Gasteiger partial charge is 0.478 e. The van der Waals surface area contributed by atoms with Gasteiger partial charge in [-0.1, -0.05) is 42.5 Å². The SMILES string of the molecule is Nc1c(C(=O)NCc2ccccc2)c2nc3ccccc3nc2n1-c1ccc(C(=O)O)cc1. The number of anilines is 1. The number of rotatable bonds is 5. The second-order valence-corrected chi connectivity index (χ2v) is 7.50. The van der Waals surface area contributed by atoms with E-state index in [-0.39, 0.29) is 22.9 Å². The Morgan fingerprint density at radius 1 is 0.879 bits per heavy atom. The summed E-state index contributed by atoms with van der Waals surface area (Å²) in [6, 6.07) is 23.1. The number of carboxylic acid groups (broad SMARTS) is 1. The summed E-state index contributed by atoms with van der Waals surface area (Å²) in [6.45, 7) is 0.333. The van der Waals surface area contributed by atoms with Crippen LogP contribution in [0, 0.1) is 0 Å². The van der Waals surface area contributed by atoms with Crippen LogP contribution in [0.3, 0.4) is 0 Å². The van der Waals surface area contributed by atoms with Crippen LogP contribution in [-0.4, -0.2) is 31.5 Å². The lowest BCUT2D eigenvalue weighted by Crippen LogP contribution is -2.24. The lowest BCUT2D eigenvalue weighted by atomic mass is 10.2. The van der Waals surface area contributed by atoms with E-state index < -0.39 is 5.97 Å². The third kappa shape index (κ3) is 3.63. The van der Waals surface area contributed by atoms with Crippen LogP contribution < -0.4 is 11.1 Å². The van der Waals surface area contributed by atoms with Crippen LogP contribution in [0.15, 0.2) is 78.9 Å². The number of nitrogens with one attached hydrogen (secondary N) is 1. The number of carboxylic acids is 1. The van der Waals surface area contributed by atoms with Crippen molar-refractivity contribution in [2.24, 2.45) is 0 Å². The van der Waals surface area contributed by atoms with Gasteiger partial charge >= 0.3 is 5.97 Å². The van der Waals surface area contributed by atoms with Crippen molar-refractivity contribution < 1.29 is 14.7 Å². The number of aromatic carboxylic acids is 1. The smallest absolute Gasteiger partial charge is 0.335 e. The molecule has 162 valence electrons. The van der Waals surface area contributed by atoms with Crippen LogP contribution in [0.2, 0.25) is 0 Å². The van der Waals surface area contributed by atoms with Gasteiger partial charge in [0, 0.05) is 12.2 Å². The number of nitrogen functional groups attached to an aromatic ring is 1. The minimum Gasteiger partial charge on any atom is -0.478 e. The van der Waals surface area contributed by atoms with Crippen molar-refractivity contribution in [3.8, 4) is 5.69 Å². The van der Waals surface area contributed by atoms with Crippen molar-refractivity contribution in [1.29, 1.82) is 0 Å². The average molecular weight is 437 g/mol. The number of nitrogens with zero attached hydrogens (tertiary/aromatic N) is 3. The van der Waals surface area contributed by atoms with Crippen molar-refractivity contribution in [3.05, 3.63) is 95.6 Å². The predicted octanol–water partition coefficient (Wildman–Crippen LogP) is 3.78. The van der Waals surface area contributed by atoms with E-state index in [2.05, 4.69) is 10.3 Å². The fourth-order valence-corrected chi connectivity index (χ4v) is 3.77. The number of hydrogen-bond acceptors (Lipinski definition) is 5. The fourth-order valence-electron chi connectivity index (χ4n) is 3.77. The van der Waals surface area contributed by atoms with E-state index in [0.717, 1.165) is 5.56 Å². The lowest BCUT2D eigenvalue weighted by molar-refractivity contribution is 0.0696. The first-order chi connectivity index (χ1) is 16.0. The van der Waals surface area contributed by atoms with Crippen molar-refractivity contribution in [1.82, 2.24) is 19.9 Å². The summed E-state index contributed by atoms with van der Waals surface area (Å²) in [5.74, 6) is -1.22. The molecule has 0 saturated carbocycles. The van der Waals surface area contributed by atoms with E-state index in [1.54, 1.807) is 16.7 Å². The predicted molar refractivity (Wildman–Crippen MR) is 125 cm³/mol. The average Bonchev–Trinajstić information content (AvgIpc) is 3.12. The maximum absolute atomic E-state index is 13.2. The van der Waals surface area contributed by atoms with Gasteiger partial charge in [0.15, 0.2) is 5.65 Å². The Morgan fingerprint density at radius 3 is 2.18 bits per heavy atom. The molecule has 1 amide bonds. The summed E-state index contributed by atoms with van der Waals surface area (Å²) in [5, 5.41) is 12.1. The standard InChI is InChI=1S/C25H19N5O3/c26-22-20(24(31)27-14-15-6-2-1-3-7-15)21-23(29-19-9-5-4-8-18(19)28-21)30(22)17-12-10-16(11-13-17)25(32)33/h1-13H,14,26H2,(H,27,31)(H,32,33). The summed E-state index contributed by atoms with van der Waals surface area (Å²) in [4.78, 5) is 33.9. The van der Waals surface area contributed by atoms with Crippen LogP contribution in [-0.2, 0) is 6.54 Å². The molecule has 0 bridgehead atoms. The zero-order valence-corrected chi connectivity index (χ0v) is 17.4. The maximum Gasteiger partial charge on any atom is 0.335 e. The van der Waals surface area contributed by atoms with E-state index in [4.69, 9.17) is 10.7 Å². The molecule has 0 unspecified atom stereocenters. The summed E-state index contributed by atoms with van der Waals surface area (Å²) >= 11 is 0. The minimum absolute atomic E-state index is 0.145. The topological polar surface area (TPSA) is 123 Å². The normalized spacial score (nSPS) is 11.0. The molecule has 0 atom stereocenters. The quantitative estimate of drug-likeness (QED) is 0.384. The molecular formula is C25H19N5O3. The Hall–Kier alpha value is -4.72. The van der Waals surface area contributed by atoms with E-state index in [1.807, 2.05) is 54.6 Å². The van der Waals surface area contributed by atoms with E-state index in [9.17, 15) is 14.7 Å². The third-order valence-electron chi connectivity index (χ3n) is 5.39. The molecule has 4 N–H and O–H groups in total. The molecule has 5 rings (SSSR count). The van der Waals surface area contributed by atoms with Crippen molar-refractivity contribution in [2.45, 2.75) is 6.54 Å². The zero-order chi connectivity index (χ0) is 22.9. The third-order valence-corrected chi connectivity index (χ3v) is 5.39. The number of hydrogen-bond donors (Lipinski definition) is 3. The van der Waals surface area contributed by atoms with Crippen LogP contribution in [0.5, 0.6) is 0 Å². The number of carbonyl (C=O) groups excluding carboxylic acids is 1. The number of fused-ring (bicyclic) bond motifs is 2. The molecule has 0 aliphatic rings. The van der Waals surface area contributed by atoms with Gasteiger partial charge in [-0.25, -0.2) is 14.8 Å². The van der Waals surface area contributed by atoms with Crippen molar-refractivity contribution in [2.75, 3.05) is 5.73 Å². The highest BCUT2D eigenvalue weighted by molar-refractivity contribution is 6.11. The highest BCUT2D eigenvalue weighted by Gasteiger charge is 2.24. The number of benzene rings is 3. The molecule has 8 nitrogen and oxygen atoms in total. The number of carbonyl (C=O) groups is 2. The number of nitrogens with two attached hydrogens (primary N) is 1. The molecule has 0 spiro atoms. The van der Waals surface area contributed by atoms with Gasteiger partial charge in [0.25, 0.3) is 5.91 Å². The van der Waals surface area contributed by atoms with Crippen molar-refractivity contribution >= 4 is 39.9 Å². The van der Waals surface area contributed by atoms with E-state index in [1.165, 1.54) is 12.1 Å². The van der Waals surface area contributed by atoms with Crippen molar-refractivity contribution in [3.63, 3.8) is 0 Å². The molecule has 0 aliphatic carbocycles. The van der Waals surface area contributed by atoms with Gasteiger partial charge in [-0.15, -0.1) is 0 Å². The van der Waals surface area contributed by atoms with Crippen LogP contribution in [0.25, 0.3) is 27.9 Å².